The molecule has 12 heavy (non-hydrogen) atoms. The van der Waals surface area contributed by atoms with Crippen molar-refractivity contribution in [2.24, 2.45) is 0 Å². The van der Waals surface area contributed by atoms with Gasteiger partial charge in [-0.25, -0.2) is 0 Å². The molecule has 64 valence electrons. The SMILES string of the molecule is O=S(=O)=C1C=CC(=S(=O)=O)C=C1. The summed E-state index contributed by atoms with van der Waals surface area (Å²) in [4.78, 5) is 0.147. The van der Waals surface area contributed by atoms with Gasteiger partial charge in [0.1, 0.15) is 0 Å². The molecule has 1 aliphatic rings. The number of rotatable bonds is 0. The van der Waals surface area contributed by atoms with Gasteiger partial charge in [-0.3, -0.25) is 0 Å². The molecule has 4 nitrogen and oxygen atoms in total. The van der Waals surface area contributed by atoms with Crippen LogP contribution in [0.1, 0.15) is 0 Å². The molecule has 0 aromatic heterocycles. The lowest BCUT2D eigenvalue weighted by Crippen LogP contribution is -2.01. The minimum Gasteiger partial charge on any atom is -0.184 e. The lowest BCUT2D eigenvalue weighted by molar-refractivity contribution is 0.625. The summed E-state index contributed by atoms with van der Waals surface area (Å²) in [5.74, 6) is 0. The van der Waals surface area contributed by atoms with Crippen LogP contribution in [0, 0.1) is 0 Å². The van der Waals surface area contributed by atoms with Gasteiger partial charge in [0.2, 0.25) is 20.6 Å². The largest absolute Gasteiger partial charge is 0.221 e. The average molecular weight is 204 g/mol. The first kappa shape index (κ1) is 8.95. The lowest BCUT2D eigenvalue weighted by Gasteiger charge is -1.92. The van der Waals surface area contributed by atoms with Crippen LogP contribution in [-0.4, -0.2) is 26.6 Å². The zero-order chi connectivity index (χ0) is 9.14. The first-order chi connectivity index (χ1) is 5.61. The van der Waals surface area contributed by atoms with Gasteiger partial charge in [-0.2, -0.15) is 16.8 Å². The Morgan fingerprint density at radius 1 is 0.667 bits per heavy atom. The van der Waals surface area contributed by atoms with E-state index in [0.29, 0.717) is 0 Å². The highest BCUT2D eigenvalue weighted by Gasteiger charge is 2.00. The van der Waals surface area contributed by atoms with E-state index >= 15 is 0 Å². The average Bonchev–Trinajstić information content (AvgIpc) is 2.04. The van der Waals surface area contributed by atoms with Gasteiger partial charge in [0, 0.05) is 0 Å². The second-order valence-electron chi connectivity index (χ2n) is 1.94. The first-order valence-electron chi connectivity index (χ1n) is 2.90. The summed E-state index contributed by atoms with van der Waals surface area (Å²) in [5, 5.41) is 0. The van der Waals surface area contributed by atoms with Crippen molar-refractivity contribution in [2.75, 3.05) is 0 Å². The normalized spacial score (nSPS) is 15.0. The minimum absolute atomic E-state index is 0.0733. The third-order valence-electron chi connectivity index (χ3n) is 1.21. The van der Waals surface area contributed by atoms with E-state index < -0.39 is 20.6 Å². The molecule has 0 fully saturated rings. The second-order valence-corrected chi connectivity index (χ2v) is 3.82. The van der Waals surface area contributed by atoms with Crippen LogP contribution >= 0.6 is 0 Å². The van der Waals surface area contributed by atoms with Crippen LogP contribution in [0.2, 0.25) is 0 Å². The molecule has 6 heteroatoms. The Balaban J connectivity index is 3.31. The standard InChI is InChI=1S/C6H4O4S2/c7-11(8)5-1-2-6(4-3-5)12(9)10/h1-4H. The van der Waals surface area contributed by atoms with Gasteiger partial charge >= 0.3 is 0 Å². The fourth-order valence-corrected chi connectivity index (χ4v) is 1.38. The van der Waals surface area contributed by atoms with E-state index in [1.165, 1.54) is 24.3 Å². The van der Waals surface area contributed by atoms with Crippen molar-refractivity contribution in [3.8, 4) is 0 Å². The van der Waals surface area contributed by atoms with Crippen molar-refractivity contribution < 1.29 is 16.8 Å². The summed E-state index contributed by atoms with van der Waals surface area (Å²) in [6.07, 6.45) is 4.92. The molecule has 0 heterocycles. The molecule has 0 atom stereocenters. The molecule has 0 amide bonds. The molecule has 0 unspecified atom stereocenters. The molecule has 0 aromatic rings. The Hall–Kier alpha value is -1.14. The van der Waals surface area contributed by atoms with Crippen LogP contribution in [-0.2, 0) is 20.6 Å². The van der Waals surface area contributed by atoms with E-state index in [0.717, 1.165) is 0 Å². The zero-order valence-electron chi connectivity index (χ0n) is 5.76. The summed E-state index contributed by atoms with van der Waals surface area (Å²) in [6, 6.07) is 0. The number of allylic oxidation sites excluding steroid dienone is 4. The van der Waals surface area contributed by atoms with Gasteiger partial charge < -0.3 is 0 Å². The van der Waals surface area contributed by atoms with Crippen molar-refractivity contribution in [1.82, 2.24) is 0 Å². The highest BCUT2D eigenvalue weighted by Crippen LogP contribution is 1.94. The Morgan fingerprint density at radius 3 is 1.08 bits per heavy atom. The van der Waals surface area contributed by atoms with Crippen LogP contribution in [0.15, 0.2) is 24.3 Å². The molecule has 0 saturated heterocycles. The van der Waals surface area contributed by atoms with Crippen molar-refractivity contribution >= 4 is 30.3 Å². The van der Waals surface area contributed by atoms with Crippen LogP contribution in [0.4, 0.5) is 0 Å². The van der Waals surface area contributed by atoms with Gasteiger partial charge in [0.15, 0.2) is 0 Å². The molecular weight excluding hydrogens is 200 g/mol. The van der Waals surface area contributed by atoms with E-state index in [2.05, 4.69) is 0 Å². The van der Waals surface area contributed by atoms with Crippen molar-refractivity contribution in [1.29, 1.82) is 0 Å². The lowest BCUT2D eigenvalue weighted by atomic mass is 10.2. The van der Waals surface area contributed by atoms with Crippen molar-refractivity contribution in [2.45, 2.75) is 0 Å². The van der Waals surface area contributed by atoms with E-state index in [4.69, 9.17) is 0 Å². The molecular formula is C6H4O4S2. The number of hydrogen-bond acceptors (Lipinski definition) is 4. The molecule has 0 saturated carbocycles. The Kier molecular flexibility index (Phi) is 2.61. The molecule has 1 aliphatic carbocycles. The maximum absolute atomic E-state index is 10.3. The van der Waals surface area contributed by atoms with Gasteiger partial charge in [-0.05, 0) is 24.3 Å². The second kappa shape index (κ2) is 3.51. The van der Waals surface area contributed by atoms with Crippen LogP contribution in [0.3, 0.4) is 0 Å². The molecule has 0 bridgehead atoms. The third kappa shape index (κ3) is 1.93. The molecule has 0 radical (unpaired) electrons. The summed E-state index contributed by atoms with van der Waals surface area (Å²) < 4.78 is 41.3. The van der Waals surface area contributed by atoms with Crippen LogP contribution in [0.5, 0.6) is 0 Å². The smallest absolute Gasteiger partial charge is 0.184 e. The Labute approximate surface area is 71.9 Å². The topological polar surface area (TPSA) is 68.3 Å². The summed E-state index contributed by atoms with van der Waals surface area (Å²) >= 11 is 0. The van der Waals surface area contributed by atoms with E-state index in [1.807, 2.05) is 0 Å². The van der Waals surface area contributed by atoms with Gasteiger partial charge in [0.25, 0.3) is 0 Å². The van der Waals surface area contributed by atoms with Crippen molar-refractivity contribution in [3.63, 3.8) is 0 Å². The predicted octanol–water partition coefficient (Wildman–Crippen LogP) is -0.785. The van der Waals surface area contributed by atoms with Gasteiger partial charge in [0.05, 0.1) is 9.73 Å². The molecule has 0 aliphatic heterocycles. The van der Waals surface area contributed by atoms with E-state index in [9.17, 15) is 16.8 Å². The van der Waals surface area contributed by atoms with Gasteiger partial charge in [-0.1, -0.05) is 0 Å². The summed E-state index contributed by atoms with van der Waals surface area (Å²) in [5.41, 5.74) is 0. The number of hydrogen-bond donors (Lipinski definition) is 0. The summed E-state index contributed by atoms with van der Waals surface area (Å²) in [7, 11) is -4.60. The molecule has 0 N–H and O–H groups in total. The molecule has 1 rings (SSSR count). The fourth-order valence-electron chi connectivity index (χ4n) is 0.662. The zero-order valence-corrected chi connectivity index (χ0v) is 7.39. The van der Waals surface area contributed by atoms with Crippen LogP contribution in [0.25, 0.3) is 0 Å². The maximum atomic E-state index is 10.3. The Morgan fingerprint density at radius 2 is 0.917 bits per heavy atom. The van der Waals surface area contributed by atoms with Crippen molar-refractivity contribution in [3.05, 3.63) is 24.3 Å². The fraction of sp³-hybridized carbons (Fsp3) is 0. The molecule has 0 spiro atoms. The molecule has 0 aromatic carbocycles. The minimum atomic E-state index is -2.30. The van der Waals surface area contributed by atoms with Gasteiger partial charge in [-0.15, -0.1) is 0 Å². The monoisotopic (exact) mass is 204 g/mol. The quantitative estimate of drug-likeness (QED) is 0.485. The highest BCUT2D eigenvalue weighted by atomic mass is 32.2. The maximum Gasteiger partial charge on any atom is 0.221 e. The van der Waals surface area contributed by atoms with E-state index in [-0.39, 0.29) is 9.73 Å². The first-order valence-corrected chi connectivity index (χ1v) is 5.05. The Bertz CT molecular complexity index is 432. The summed E-state index contributed by atoms with van der Waals surface area (Å²) in [6.45, 7) is 0. The predicted molar refractivity (Wildman–Crippen MR) is 46.1 cm³/mol. The third-order valence-corrected chi connectivity index (χ3v) is 2.52. The van der Waals surface area contributed by atoms with E-state index in [1.54, 1.807) is 0 Å². The van der Waals surface area contributed by atoms with Crippen LogP contribution < -0.4 is 0 Å². The highest BCUT2D eigenvalue weighted by molar-refractivity contribution is 7.74.